The van der Waals surface area contributed by atoms with Crippen molar-refractivity contribution in [3.8, 4) is 0 Å². The summed E-state index contributed by atoms with van der Waals surface area (Å²) in [5.41, 5.74) is 0.656. The summed E-state index contributed by atoms with van der Waals surface area (Å²) in [6, 6.07) is 6.05. The largest absolute Gasteiger partial charge is 0.378 e. The molecular weight excluding hydrogens is 283 g/mol. The van der Waals surface area contributed by atoms with Gasteiger partial charge in [0.1, 0.15) is 5.82 Å². The van der Waals surface area contributed by atoms with E-state index in [1.165, 1.54) is 18.2 Å². The summed E-state index contributed by atoms with van der Waals surface area (Å²) in [5, 5.41) is 6.00. The summed E-state index contributed by atoms with van der Waals surface area (Å²) in [5.74, 6) is -0.526. The molecule has 2 rings (SSSR count). The van der Waals surface area contributed by atoms with Crippen LogP contribution in [0.5, 0.6) is 0 Å². The molecule has 1 unspecified atom stereocenters. The lowest BCUT2D eigenvalue weighted by Gasteiger charge is -2.17. The lowest BCUT2D eigenvalue weighted by atomic mass is 10.2. The van der Waals surface area contributed by atoms with Gasteiger partial charge < -0.3 is 15.4 Å². The first-order chi connectivity index (χ1) is 9.19. The molecule has 1 aromatic carbocycles. The smallest absolute Gasteiger partial charge is 0.244 e. The van der Waals surface area contributed by atoms with Crippen LogP contribution < -0.4 is 10.6 Å². The molecule has 1 aliphatic rings. The highest BCUT2D eigenvalue weighted by molar-refractivity contribution is 5.92. The quantitative estimate of drug-likeness (QED) is 0.826. The number of amides is 1. The van der Waals surface area contributed by atoms with Gasteiger partial charge in [-0.2, -0.15) is 0 Å². The fraction of sp³-hybridized carbons (Fsp3) is 0.357. The first kappa shape index (κ1) is 16.6. The second-order valence-corrected chi connectivity index (χ2v) is 4.44. The number of carbonyl (C=O) groups is 1. The van der Waals surface area contributed by atoms with Crippen molar-refractivity contribution in [1.82, 2.24) is 10.6 Å². The zero-order valence-electron chi connectivity index (χ0n) is 11.1. The van der Waals surface area contributed by atoms with Gasteiger partial charge in [-0.3, -0.25) is 4.79 Å². The molecule has 0 radical (unpaired) electrons. The van der Waals surface area contributed by atoms with Gasteiger partial charge in [0.25, 0.3) is 0 Å². The molecule has 1 amide bonds. The standard InChI is InChI=1S/C14H17FN2O2.ClH/c1-19-13-9-16-8-12(13)17-14(18)6-5-10-3-2-4-11(15)7-10;/h2-7,12-13,16H,8-9H2,1H3,(H,17,18);1H/b6-5+;/t12?,13-;/m0./s1. The SMILES string of the molecule is CO[C@H]1CNCC1NC(=O)/C=C/c1cccc(F)c1.Cl. The monoisotopic (exact) mass is 300 g/mol. The predicted molar refractivity (Wildman–Crippen MR) is 78.3 cm³/mol. The Morgan fingerprint density at radius 3 is 3.00 bits per heavy atom. The van der Waals surface area contributed by atoms with Gasteiger partial charge in [0, 0.05) is 26.3 Å². The number of methoxy groups -OCH3 is 1. The van der Waals surface area contributed by atoms with Crippen LogP contribution in [0.3, 0.4) is 0 Å². The fourth-order valence-electron chi connectivity index (χ4n) is 2.06. The van der Waals surface area contributed by atoms with Gasteiger partial charge in [0.2, 0.25) is 5.91 Å². The first-order valence-corrected chi connectivity index (χ1v) is 6.16. The van der Waals surface area contributed by atoms with E-state index < -0.39 is 0 Å². The number of nitrogens with one attached hydrogen (secondary N) is 2. The third-order valence-corrected chi connectivity index (χ3v) is 3.06. The predicted octanol–water partition coefficient (Wildman–Crippen LogP) is 1.36. The van der Waals surface area contributed by atoms with E-state index in [0.717, 1.165) is 6.54 Å². The third-order valence-electron chi connectivity index (χ3n) is 3.06. The molecule has 2 atom stereocenters. The van der Waals surface area contributed by atoms with E-state index in [-0.39, 0.29) is 36.3 Å². The summed E-state index contributed by atoms with van der Waals surface area (Å²) in [4.78, 5) is 11.7. The summed E-state index contributed by atoms with van der Waals surface area (Å²) in [7, 11) is 1.62. The molecule has 4 nitrogen and oxygen atoms in total. The summed E-state index contributed by atoms with van der Waals surface area (Å²) < 4.78 is 18.2. The van der Waals surface area contributed by atoms with Gasteiger partial charge in [-0.05, 0) is 23.8 Å². The fourth-order valence-corrected chi connectivity index (χ4v) is 2.06. The van der Waals surface area contributed by atoms with E-state index >= 15 is 0 Å². The van der Waals surface area contributed by atoms with Crippen LogP contribution in [0.25, 0.3) is 6.08 Å². The average molecular weight is 301 g/mol. The molecule has 0 aliphatic carbocycles. The molecule has 1 fully saturated rings. The Morgan fingerprint density at radius 1 is 1.50 bits per heavy atom. The molecule has 110 valence electrons. The second kappa shape index (κ2) is 7.99. The number of hydrogen-bond donors (Lipinski definition) is 2. The van der Waals surface area contributed by atoms with Crippen LogP contribution in [0.1, 0.15) is 5.56 Å². The Bertz CT molecular complexity index is 482. The van der Waals surface area contributed by atoms with Crippen LogP contribution in [0.4, 0.5) is 4.39 Å². The summed E-state index contributed by atoms with van der Waals surface area (Å²) in [6.45, 7) is 1.42. The van der Waals surface area contributed by atoms with Crippen molar-refractivity contribution in [3.05, 3.63) is 41.7 Å². The molecule has 1 aromatic rings. The van der Waals surface area contributed by atoms with E-state index in [1.54, 1.807) is 25.3 Å². The lowest BCUT2D eigenvalue weighted by molar-refractivity contribution is -0.117. The van der Waals surface area contributed by atoms with E-state index in [0.29, 0.717) is 12.1 Å². The Balaban J connectivity index is 0.00000200. The maximum absolute atomic E-state index is 13.0. The van der Waals surface area contributed by atoms with Crippen molar-refractivity contribution in [2.45, 2.75) is 12.1 Å². The molecule has 0 spiro atoms. The van der Waals surface area contributed by atoms with Gasteiger partial charge in [-0.25, -0.2) is 4.39 Å². The van der Waals surface area contributed by atoms with Gasteiger partial charge in [0.15, 0.2) is 0 Å². The van der Waals surface area contributed by atoms with Crippen LogP contribution in [-0.4, -0.2) is 38.3 Å². The molecule has 6 heteroatoms. The van der Waals surface area contributed by atoms with Crippen molar-refractivity contribution in [1.29, 1.82) is 0 Å². The minimum Gasteiger partial charge on any atom is -0.378 e. The number of halogens is 2. The summed E-state index contributed by atoms with van der Waals surface area (Å²) >= 11 is 0. The molecule has 2 N–H and O–H groups in total. The molecule has 1 heterocycles. The van der Waals surface area contributed by atoms with Crippen LogP contribution >= 0.6 is 12.4 Å². The highest BCUT2D eigenvalue weighted by Gasteiger charge is 2.27. The van der Waals surface area contributed by atoms with Gasteiger partial charge in [-0.15, -0.1) is 12.4 Å². The molecule has 0 saturated carbocycles. The topological polar surface area (TPSA) is 50.4 Å². The van der Waals surface area contributed by atoms with Crippen LogP contribution in [0.2, 0.25) is 0 Å². The zero-order valence-corrected chi connectivity index (χ0v) is 12.0. The Hall–Kier alpha value is -1.43. The lowest BCUT2D eigenvalue weighted by Crippen LogP contribution is -2.42. The normalized spacial score (nSPS) is 21.7. The van der Waals surface area contributed by atoms with Crippen LogP contribution in [0.15, 0.2) is 30.3 Å². The van der Waals surface area contributed by atoms with Crippen LogP contribution in [0, 0.1) is 5.82 Å². The van der Waals surface area contributed by atoms with Crippen molar-refractivity contribution >= 4 is 24.4 Å². The Morgan fingerprint density at radius 2 is 2.30 bits per heavy atom. The Labute approximate surface area is 123 Å². The van der Waals surface area contributed by atoms with Gasteiger partial charge in [0.05, 0.1) is 12.1 Å². The first-order valence-electron chi connectivity index (χ1n) is 6.16. The molecule has 0 aromatic heterocycles. The number of ether oxygens (including phenoxy) is 1. The minimum absolute atomic E-state index is 0. The third kappa shape index (κ3) is 4.59. The highest BCUT2D eigenvalue weighted by Crippen LogP contribution is 2.06. The number of hydrogen-bond acceptors (Lipinski definition) is 3. The van der Waals surface area contributed by atoms with Crippen molar-refractivity contribution in [3.63, 3.8) is 0 Å². The van der Waals surface area contributed by atoms with E-state index in [2.05, 4.69) is 10.6 Å². The average Bonchev–Trinajstić information content (AvgIpc) is 2.84. The maximum Gasteiger partial charge on any atom is 0.244 e. The van der Waals surface area contributed by atoms with Crippen LogP contribution in [-0.2, 0) is 9.53 Å². The minimum atomic E-state index is -0.318. The number of benzene rings is 1. The molecule has 0 bridgehead atoms. The van der Waals surface area contributed by atoms with Gasteiger partial charge >= 0.3 is 0 Å². The highest BCUT2D eigenvalue weighted by atomic mass is 35.5. The Kier molecular flexibility index (Phi) is 6.64. The maximum atomic E-state index is 13.0. The van der Waals surface area contributed by atoms with Crippen molar-refractivity contribution in [2.75, 3.05) is 20.2 Å². The van der Waals surface area contributed by atoms with E-state index in [9.17, 15) is 9.18 Å². The van der Waals surface area contributed by atoms with Gasteiger partial charge in [-0.1, -0.05) is 12.1 Å². The number of carbonyl (C=O) groups excluding carboxylic acids is 1. The van der Waals surface area contributed by atoms with E-state index in [1.807, 2.05) is 0 Å². The van der Waals surface area contributed by atoms with Crippen molar-refractivity contribution < 1.29 is 13.9 Å². The molecule has 1 aliphatic heterocycles. The second-order valence-electron chi connectivity index (χ2n) is 4.44. The van der Waals surface area contributed by atoms with E-state index in [4.69, 9.17) is 4.74 Å². The molecule has 20 heavy (non-hydrogen) atoms. The molecular formula is C14H18ClFN2O2. The molecule has 1 saturated heterocycles. The number of rotatable bonds is 4. The van der Waals surface area contributed by atoms with Crippen molar-refractivity contribution in [2.24, 2.45) is 0 Å². The zero-order chi connectivity index (χ0) is 13.7. The summed E-state index contributed by atoms with van der Waals surface area (Å²) in [6.07, 6.45) is 2.98.